The van der Waals surface area contributed by atoms with Crippen molar-refractivity contribution >= 4 is 11.8 Å². The first-order valence-corrected chi connectivity index (χ1v) is 13.6. The zero-order valence-corrected chi connectivity index (χ0v) is 22.5. The van der Waals surface area contributed by atoms with Crippen LogP contribution in [0.1, 0.15) is 78.5 Å². The summed E-state index contributed by atoms with van der Waals surface area (Å²) in [6, 6.07) is 9.71. The fourth-order valence-electron chi connectivity index (χ4n) is 6.03. The number of fused-ring (bicyclic) bond motifs is 1. The van der Waals surface area contributed by atoms with Crippen LogP contribution in [0.2, 0.25) is 0 Å². The lowest BCUT2D eigenvalue weighted by atomic mass is 9.75. The van der Waals surface area contributed by atoms with E-state index >= 15 is 0 Å². The molecule has 6 rings (SSSR count). The zero-order chi connectivity index (χ0) is 28.0. The third-order valence-corrected chi connectivity index (χ3v) is 8.41. The van der Waals surface area contributed by atoms with E-state index in [0.29, 0.717) is 28.8 Å². The highest BCUT2D eigenvalue weighted by Crippen LogP contribution is 2.38. The summed E-state index contributed by atoms with van der Waals surface area (Å²) in [6.45, 7) is 7.32. The number of piperidine rings is 1. The fourth-order valence-corrected chi connectivity index (χ4v) is 6.03. The smallest absolute Gasteiger partial charge is 0.314 e. The Labute approximate surface area is 230 Å². The van der Waals surface area contributed by atoms with E-state index in [1.54, 1.807) is 12.1 Å². The Morgan fingerprint density at radius 1 is 1.07 bits per heavy atom. The van der Waals surface area contributed by atoms with Gasteiger partial charge in [-0.3, -0.25) is 24.4 Å². The van der Waals surface area contributed by atoms with Gasteiger partial charge in [-0.2, -0.15) is 8.78 Å². The molecule has 0 saturated carbocycles. The first kappa shape index (κ1) is 26.6. The van der Waals surface area contributed by atoms with Crippen molar-refractivity contribution in [1.29, 1.82) is 0 Å². The van der Waals surface area contributed by atoms with Gasteiger partial charge in [0, 0.05) is 24.4 Å². The van der Waals surface area contributed by atoms with Gasteiger partial charge in [0.15, 0.2) is 0 Å². The Bertz CT molecular complexity index is 1410. The Balaban J connectivity index is 1.20. The molecule has 0 N–H and O–H groups in total. The van der Waals surface area contributed by atoms with Gasteiger partial charge >= 0.3 is 6.43 Å². The first-order chi connectivity index (χ1) is 19.2. The lowest BCUT2D eigenvalue weighted by molar-refractivity contribution is -0.134. The minimum atomic E-state index is -2.86. The third kappa shape index (κ3) is 4.81. The van der Waals surface area contributed by atoms with Gasteiger partial charge in [0.2, 0.25) is 11.8 Å². The van der Waals surface area contributed by atoms with Crippen molar-refractivity contribution in [3.05, 3.63) is 64.8 Å². The van der Waals surface area contributed by atoms with Crippen LogP contribution >= 0.6 is 0 Å². The Morgan fingerprint density at radius 3 is 2.52 bits per heavy atom. The molecule has 1 aromatic carbocycles. The predicted molar refractivity (Wildman–Crippen MR) is 140 cm³/mol. The predicted octanol–water partition coefficient (Wildman–Crippen LogP) is 4.50. The van der Waals surface area contributed by atoms with Crippen LogP contribution in [0.5, 0.6) is 0 Å². The second-order valence-corrected chi connectivity index (χ2v) is 11.2. The first-order valence-electron chi connectivity index (χ1n) is 13.6. The van der Waals surface area contributed by atoms with Gasteiger partial charge < -0.3 is 9.15 Å². The molecule has 11 heteroatoms. The van der Waals surface area contributed by atoms with E-state index in [-0.39, 0.29) is 24.2 Å². The molecule has 3 aliphatic heterocycles. The number of aromatic nitrogens is 3. The Hall–Kier alpha value is -3.57. The molecule has 2 aromatic heterocycles. The second kappa shape index (κ2) is 10.4. The van der Waals surface area contributed by atoms with Crippen molar-refractivity contribution in [3.8, 4) is 11.5 Å². The van der Waals surface area contributed by atoms with Crippen LogP contribution in [0.15, 0.2) is 40.9 Å². The van der Waals surface area contributed by atoms with E-state index in [4.69, 9.17) is 9.15 Å². The number of ether oxygens (including phenoxy) is 1. The number of amides is 2. The highest BCUT2D eigenvalue weighted by Gasteiger charge is 2.45. The normalized spacial score (nSPS) is 21.8. The largest absolute Gasteiger partial charge is 0.415 e. The quantitative estimate of drug-likeness (QED) is 0.413. The summed E-state index contributed by atoms with van der Waals surface area (Å²) in [5.41, 5.74) is 2.36. The average Bonchev–Trinajstić information content (AvgIpc) is 3.68. The molecule has 2 saturated heterocycles. The van der Waals surface area contributed by atoms with Gasteiger partial charge in [-0.05, 0) is 81.4 Å². The van der Waals surface area contributed by atoms with Gasteiger partial charge in [0.25, 0.3) is 11.8 Å². The number of benzene rings is 1. The fraction of sp³-hybridized carbons (Fsp3) is 0.483. The van der Waals surface area contributed by atoms with Crippen molar-refractivity contribution in [1.82, 2.24) is 25.0 Å². The van der Waals surface area contributed by atoms with Crippen LogP contribution in [0.3, 0.4) is 0 Å². The zero-order valence-electron chi connectivity index (χ0n) is 22.5. The van der Waals surface area contributed by atoms with Gasteiger partial charge in [-0.25, -0.2) is 0 Å². The summed E-state index contributed by atoms with van der Waals surface area (Å²) in [4.78, 5) is 35.3. The highest BCUT2D eigenvalue weighted by atomic mass is 19.3. The number of pyridine rings is 1. The van der Waals surface area contributed by atoms with Crippen molar-refractivity contribution in [2.75, 3.05) is 26.3 Å². The molecular formula is C29H31F2N5O4. The Kier molecular flexibility index (Phi) is 6.95. The SMILES string of the molecule is CC1(C)C(=O)N(Cc2ccc(-c3nnc(C(F)F)o3)cn2)C(=O)c2cc(C3CCN(C4CCOC4)CC3)ccc21. The van der Waals surface area contributed by atoms with E-state index in [9.17, 15) is 18.4 Å². The molecule has 1 unspecified atom stereocenters. The van der Waals surface area contributed by atoms with E-state index in [1.165, 1.54) is 11.1 Å². The minimum Gasteiger partial charge on any atom is -0.415 e. The maximum absolute atomic E-state index is 13.7. The molecule has 3 aliphatic rings. The monoisotopic (exact) mass is 551 g/mol. The summed E-state index contributed by atoms with van der Waals surface area (Å²) >= 11 is 0. The summed E-state index contributed by atoms with van der Waals surface area (Å²) in [7, 11) is 0. The average molecular weight is 552 g/mol. The van der Waals surface area contributed by atoms with Crippen LogP contribution < -0.4 is 0 Å². The lowest BCUT2D eigenvalue weighted by Gasteiger charge is -2.39. The number of halogens is 2. The molecule has 5 heterocycles. The molecular weight excluding hydrogens is 520 g/mol. The number of imide groups is 1. The number of likely N-dealkylation sites (tertiary alicyclic amines) is 1. The summed E-state index contributed by atoms with van der Waals surface area (Å²) < 4.78 is 36.1. The number of rotatable bonds is 6. The number of hydrogen-bond acceptors (Lipinski definition) is 8. The summed E-state index contributed by atoms with van der Waals surface area (Å²) in [6.07, 6.45) is 1.66. The number of carbonyl (C=O) groups excluding carboxylic acids is 2. The molecule has 0 spiro atoms. The van der Waals surface area contributed by atoms with Gasteiger partial charge in [-0.1, -0.05) is 12.1 Å². The van der Waals surface area contributed by atoms with Crippen molar-refractivity contribution < 1.29 is 27.5 Å². The maximum Gasteiger partial charge on any atom is 0.314 e. The summed E-state index contributed by atoms with van der Waals surface area (Å²) in [5.74, 6) is -1.13. The summed E-state index contributed by atoms with van der Waals surface area (Å²) in [5, 5.41) is 6.96. The number of nitrogens with zero attached hydrogens (tertiary/aromatic N) is 5. The van der Waals surface area contributed by atoms with E-state index in [2.05, 4.69) is 26.1 Å². The maximum atomic E-state index is 13.7. The van der Waals surface area contributed by atoms with E-state index in [0.717, 1.165) is 56.7 Å². The van der Waals surface area contributed by atoms with Gasteiger partial charge in [0.05, 0.1) is 29.8 Å². The van der Waals surface area contributed by atoms with Crippen LogP contribution in [0.25, 0.3) is 11.5 Å². The van der Waals surface area contributed by atoms with Crippen LogP contribution in [-0.4, -0.2) is 69.1 Å². The number of carbonyl (C=O) groups is 2. The van der Waals surface area contributed by atoms with Crippen LogP contribution in [-0.2, 0) is 21.5 Å². The molecule has 0 radical (unpaired) electrons. The van der Waals surface area contributed by atoms with Crippen molar-refractivity contribution in [3.63, 3.8) is 0 Å². The van der Waals surface area contributed by atoms with Crippen molar-refractivity contribution in [2.24, 2.45) is 0 Å². The molecule has 0 bridgehead atoms. The molecule has 0 aliphatic carbocycles. The molecule has 40 heavy (non-hydrogen) atoms. The standard InChI is InChI=1S/C29H31F2N5O4/c1-29(2)23-6-4-18(17-7-10-35(11-8-17)21-9-12-39-16-21)13-22(23)27(37)36(28(29)38)15-20-5-3-19(14-32-20)25-33-34-26(40-25)24(30)31/h3-6,13-14,17,21,24H,7-12,15-16H2,1-2H3. The molecule has 2 amide bonds. The van der Waals surface area contributed by atoms with Crippen LogP contribution in [0.4, 0.5) is 8.78 Å². The lowest BCUT2D eigenvalue weighted by Crippen LogP contribution is -2.51. The minimum absolute atomic E-state index is 0.0149. The second-order valence-electron chi connectivity index (χ2n) is 11.2. The van der Waals surface area contributed by atoms with Gasteiger partial charge in [-0.15, -0.1) is 10.2 Å². The van der Waals surface area contributed by atoms with Gasteiger partial charge in [0.1, 0.15) is 0 Å². The number of hydrogen-bond donors (Lipinski definition) is 0. The molecule has 210 valence electrons. The molecule has 1 atom stereocenters. The van der Waals surface area contributed by atoms with E-state index < -0.39 is 17.7 Å². The molecule has 3 aromatic rings. The molecule has 9 nitrogen and oxygen atoms in total. The van der Waals surface area contributed by atoms with E-state index in [1.807, 2.05) is 26.0 Å². The van der Waals surface area contributed by atoms with Crippen LogP contribution in [0, 0.1) is 0 Å². The van der Waals surface area contributed by atoms with Crippen molar-refractivity contribution in [2.45, 2.75) is 63.5 Å². The topological polar surface area (TPSA) is 102 Å². The third-order valence-electron chi connectivity index (χ3n) is 8.41. The highest BCUT2D eigenvalue weighted by molar-refractivity contribution is 6.12. The Morgan fingerprint density at radius 2 is 1.88 bits per heavy atom. The number of alkyl halides is 2. The molecule has 2 fully saturated rings.